The lowest BCUT2D eigenvalue weighted by Gasteiger charge is -2.24. The maximum absolute atomic E-state index is 12.3. The number of amides is 1. The van der Waals surface area contributed by atoms with E-state index in [1.54, 1.807) is 6.07 Å². The standard InChI is InChI=1S/C19H23N5O6S/c20-19-23-15-11(16(27)24-19)7-9(8-21-15)1-2-10-3-5-13(31-10)17(28)22-12(18(29)30)4-6-14(25)26/h3,5,9,12H,1-2,4,6-8H2,(H,22,28)(H,25,26)(H,29,30)(H4,20,21,23,24,27)/t9-,12+/m0/s1. The van der Waals surface area contributed by atoms with Gasteiger partial charge in [0.1, 0.15) is 11.9 Å². The molecule has 0 aromatic carbocycles. The molecule has 7 N–H and O–H groups in total. The van der Waals surface area contributed by atoms with Gasteiger partial charge in [0.25, 0.3) is 11.5 Å². The van der Waals surface area contributed by atoms with E-state index in [-0.39, 0.29) is 30.3 Å². The van der Waals surface area contributed by atoms with E-state index >= 15 is 0 Å². The Labute approximate surface area is 180 Å². The zero-order valence-corrected chi connectivity index (χ0v) is 17.3. The van der Waals surface area contributed by atoms with Crippen molar-refractivity contribution in [1.29, 1.82) is 0 Å². The number of aryl methyl sites for hydroxylation is 1. The predicted molar refractivity (Wildman–Crippen MR) is 113 cm³/mol. The van der Waals surface area contributed by atoms with Crippen molar-refractivity contribution in [3.8, 4) is 0 Å². The van der Waals surface area contributed by atoms with Crippen molar-refractivity contribution in [2.24, 2.45) is 5.92 Å². The van der Waals surface area contributed by atoms with E-state index in [0.717, 1.165) is 11.3 Å². The predicted octanol–water partition coefficient (Wildman–Crippen LogP) is 0.678. The fourth-order valence-electron chi connectivity index (χ4n) is 3.39. The smallest absolute Gasteiger partial charge is 0.326 e. The molecule has 2 aromatic heterocycles. The van der Waals surface area contributed by atoms with Gasteiger partial charge >= 0.3 is 11.9 Å². The minimum Gasteiger partial charge on any atom is -0.481 e. The van der Waals surface area contributed by atoms with Crippen LogP contribution >= 0.6 is 11.3 Å². The Morgan fingerprint density at radius 1 is 1.32 bits per heavy atom. The Kier molecular flexibility index (Phi) is 6.90. The second-order valence-corrected chi connectivity index (χ2v) is 8.50. The molecule has 0 unspecified atom stereocenters. The van der Waals surface area contributed by atoms with Crippen LogP contribution in [0.15, 0.2) is 16.9 Å². The number of hydrogen-bond acceptors (Lipinski definition) is 8. The highest BCUT2D eigenvalue weighted by Crippen LogP contribution is 2.25. The number of anilines is 2. The molecule has 3 rings (SSSR count). The van der Waals surface area contributed by atoms with E-state index in [1.807, 2.05) is 6.07 Å². The molecule has 0 saturated heterocycles. The molecular formula is C19H23N5O6S. The molecule has 1 aliphatic heterocycles. The zero-order chi connectivity index (χ0) is 22.5. The molecule has 0 spiro atoms. The van der Waals surface area contributed by atoms with Gasteiger partial charge in [-0.3, -0.25) is 19.4 Å². The van der Waals surface area contributed by atoms with E-state index in [0.29, 0.717) is 35.6 Å². The van der Waals surface area contributed by atoms with E-state index in [1.165, 1.54) is 11.3 Å². The summed E-state index contributed by atoms with van der Waals surface area (Å²) in [5.41, 5.74) is 5.90. The molecule has 0 aliphatic carbocycles. The van der Waals surface area contributed by atoms with Crippen LogP contribution in [0.5, 0.6) is 0 Å². The Hall–Kier alpha value is -3.41. The van der Waals surface area contributed by atoms with Gasteiger partial charge in [0.15, 0.2) is 0 Å². The van der Waals surface area contributed by atoms with E-state index in [2.05, 4.69) is 20.6 Å². The van der Waals surface area contributed by atoms with Crippen LogP contribution in [0.4, 0.5) is 11.8 Å². The number of hydrogen-bond donors (Lipinski definition) is 6. The van der Waals surface area contributed by atoms with Gasteiger partial charge in [-0.2, -0.15) is 4.98 Å². The number of rotatable bonds is 9. The number of aromatic nitrogens is 2. The summed E-state index contributed by atoms with van der Waals surface area (Å²) in [5.74, 6) is -2.14. The quantitative estimate of drug-likeness (QED) is 0.320. The number of fused-ring (bicyclic) bond motifs is 1. The molecule has 31 heavy (non-hydrogen) atoms. The molecule has 2 aromatic rings. The molecular weight excluding hydrogens is 426 g/mol. The van der Waals surface area contributed by atoms with Crippen LogP contribution < -0.4 is 21.9 Å². The van der Waals surface area contributed by atoms with Crippen LogP contribution in [0, 0.1) is 5.92 Å². The second kappa shape index (κ2) is 9.60. The summed E-state index contributed by atoms with van der Waals surface area (Å²) in [6, 6.07) is 2.17. The third-order valence-electron chi connectivity index (χ3n) is 5.02. The van der Waals surface area contributed by atoms with Crippen molar-refractivity contribution >= 4 is 40.9 Å². The van der Waals surface area contributed by atoms with Crippen LogP contribution in [-0.2, 0) is 22.4 Å². The largest absolute Gasteiger partial charge is 0.481 e. The van der Waals surface area contributed by atoms with Gasteiger partial charge in [0, 0.05) is 17.8 Å². The number of nitrogens with two attached hydrogens (primary N) is 1. The fourth-order valence-corrected chi connectivity index (χ4v) is 4.32. The molecule has 0 saturated carbocycles. The van der Waals surface area contributed by atoms with Crippen LogP contribution in [0.25, 0.3) is 0 Å². The van der Waals surface area contributed by atoms with Crippen LogP contribution in [-0.4, -0.2) is 50.6 Å². The normalized spacial score (nSPS) is 16.1. The summed E-state index contributed by atoms with van der Waals surface area (Å²) >= 11 is 1.26. The maximum Gasteiger partial charge on any atom is 0.326 e. The highest BCUT2D eigenvalue weighted by molar-refractivity contribution is 7.14. The Bertz CT molecular complexity index is 1050. The molecule has 2 atom stereocenters. The van der Waals surface area contributed by atoms with Gasteiger partial charge in [-0.1, -0.05) is 0 Å². The van der Waals surface area contributed by atoms with Crippen molar-refractivity contribution in [2.75, 3.05) is 17.6 Å². The number of aromatic amines is 1. The fraction of sp³-hybridized carbons (Fsp3) is 0.421. The van der Waals surface area contributed by atoms with E-state index in [4.69, 9.17) is 10.8 Å². The Morgan fingerprint density at radius 3 is 2.81 bits per heavy atom. The SMILES string of the molecule is Nc1nc2c(c(=O)[nH]1)C[C@H](CCc1ccc(C(=O)N[C@H](CCC(=O)O)C(=O)O)s1)CN2. The molecule has 0 radical (unpaired) electrons. The first-order valence-corrected chi connectivity index (χ1v) is 10.5. The minimum atomic E-state index is -1.28. The third-order valence-corrected chi connectivity index (χ3v) is 6.16. The monoisotopic (exact) mass is 449 g/mol. The van der Waals surface area contributed by atoms with E-state index < -0.39 is 23.9 Å². The van der Waals surface area contributed by atoms with Gasteiger partial charge < -0.3 is 26.6 Å². The summed E-state index contributed by atoms with van der Waals surface area (Å²) in [6.07, 6.45) is 1.52. The van der Waals surface area contributed by atoms with Gasteiger partial charge in [-0.25, -0.2) is 4.79 Å². The number of H-pyrrole nitrogens is 1. The molecule has 1 amide bonds. The van der Waals surface area contributed by atoms with Crippen molar-refractivity contribution < 1.29 is 24.6 Å². The first kappa shape index (κ1) is 22.3. The highest BCUT2D eigenvalue weighted by Gasteiger charge is 2.24. The summed E-state index contributed by atoms with van der Waals surface area (Å²) in [4.78, 5) is 54.2. The first-order valence-electron chi connectivity index (χ1n) is 9.69. The minimum absolute atomic E-state index is 0.0761. The van der Waals surface area contributed by atoms with Crippen LogP contribution in [0.2, 0.25) is 0 Å². The molecule has 0 fully saturated rings. The average Bonchev–Trinajstić information content (AvgIpc) is 3.18. The third kappa shape index (κ3) is 5.81. The second-order valence-electron chi connectivity index (χ2n) is 7.33. The number of aliphatic carboxylic acids is 2. The summed E-state index contributed by atoms with van der Waals surface area (Å²) < 4.78 is 0. The van der Waals surface area contributed by atoms with Crippen molar-refractivity contribution in [3.63, 3.8) is 0 Å². The maximum atomic E-state index is 12.3. The van der Waals surface area contributed by atoms with Gasteiger partial charge in [0.05, 0.1) is 10.4 Å². The first-order chi connectivity index (χ1) is 14.7. The molecule has 166 valence electrons. The van der Waals surface area contributed by atoms with E-state index in [9.17, 15) is 24.3 Å². The Balaban J connectivity index is 1.55. The van der Waals surface area contributed by atoms with Crippen molar-refractivity contribution in [2.45, 2.75) is 38.1 Å². The van der Waals surface area contributed by atoms with Crippen LogP contribution in [0.1, 0.15) is 39.4 Å². The molecule has 0 bridgehead atoms. The average molecular weight is 449 g/mol. The number of nitrogen functional groups attached to an aromatic ring is 1. The van der Waals surface area contributed by atoms with Crippen LogP contribution in [0.3, 0.4) is 0 Å². The molecule has 11 nitrogen and oxygen atoms in total. The highest BCUT2D eigenvalue weighted by atomic mass is 32.1. The number of nitrogens with one attached hydrogen (secondary N) is 3. The zero-order valence-electron chi connectivity index (χ0n) is 16.5. The van der Waals surface area contributed by atoms with Crippen molar-refractivity contribution in [3.05, 3.63) is 37.8 Å². The lowest BCUT2D eigenvalue weighted by molar-refractivity contribution is -0.140. The number of thiophene rings is 1. The number of carboxylic acid groups (broad SMARTS) is 2. The lowest BCUT2D eigenvalue weighted by Crippen LogP contribution is -2.40. The number of carbonyl (C=O) groups is 3. The lowest BCUT2D eigenvalue weighted by atomic mass is 9.92. The number of carbonyl (C=O) groups excluding carboxylic acids is 1. The molecule has 1 aliphatic rings. The van der Waals surface area contributed by atoms with Gasteiger partial charge in [0.2, 0.25) is 5.95 Å². The molecule has 12 heteroatoms. The summed E-state index contributed by atoms with van der Waals surface area (Å²) in [5, 5.41) is 23.4. The topological polar surface area (TPSA) is 187 Å². The number of carboxylic acids is 2. The van der Waals surface area contributed by atoms with Gasteiger partial charge in [-0.05, 0) is 43.7 Å². The Morgan fingerprint density at radius 2 is 2.10 bits per heavy atom. The summed E-state index contributed by atoms with van der Waals surface area (Å²) in [7, 11) is 0. The van der Waals surface area contributed by atoms with Gasteiger partial charge in [-0.15, -0.1) is 11.3 Å². The van der Waals surface area contributed by atoms with Crippen molar-refractivity contribution in [1.82, 2.24) is 15.3 Å². The number of nitrogens with zero attached hydrogens (tertiary/aromatic N) is 1. The summed E-state index contributed by atoms with van der Waals surface area (Å²) in [6.45, 7) is 0.658. The molecule has 3 heterocycles.